The Morgan fingerprint density at radius 3 is 2.29 bits per heavy atom. The largest absolute Gasteiger partial charge is 0.492 e. The third-order valence-corrected chi connectivity index (χ3v) is 3.32. The zero-order chi connectivity index (χ0) is 12.1. The molecule has 0 aromatic heterocycles. The first-order valence-corrected chi connectivity index (χ1v) is 6.67. The number of aryl methyl sites for hydroxylation is 2. The fourth-order valence-electron chi connectivity index (χ4n) is 2.49. The number of rotatable bonds is 4. The second-order valence-electron chi connectivity index (χ2n) is 5.07. The summed E-state index contributed by atoms with van der Waals surface area (Å²) in [6.07, 6.45) is 4.10. The first kappa shape index (κ1) is 12.4. The van der Waals surface area contributed by atoms with E-state index >= 15 is 0 Å². The third kappa shape index (κ3) is 4.04. The second kappa shape index (κ2) is 6.06. The molecule has 0 radical (unpaired) electrons. The second-order valence-corrected chi connectivity index (χ2v) is 5.07. The van der Waals surface area contributed by atoms with Crippen molar-refractivity contribution in [3.8, 4) is 5.75 Å². The van der Waals surface area contributed by atoms with E-state index in [0.717, 1.165) is 18.9 Å². The van der Waals surface area contributed by atoms with Crippen molar-refractivity contribution < 1.29 is 4.74 Å². The molecular formula is C15H23NO. The average molecular weight is 233 g/mol. The highest BCUT2D eigenvalue weighted by Gasteiger charge is 2.09. The van der Waals surface area contributed by atoms with Crippen molar-refractivity contribution in [3.63, 3.8) is 0 Å². The Morgan fingerprint density at radius 1 is 1.00 bits per heavy atom. The molecule has 1 aromatic rings. The number of benzene rings is 1. The van der Waals surface area contributed by atoms with Crippen molar-refractivity contribution >= 4 is 0 Å². The molecule has 0 bridgehead atoms. The number of likely N-dealkylation sites (tertiary alicyclic amines) is 1. The Morgan fingerprint density at radius 2 is 1.65 bits per heavy atom. The molecular weight excluding hydrogens is 210 g/mol. The molecule has 94 valence electrons. The highest BCUT2D eigenvalue weighted by Crippen LogP contribution is 2.16. The van der Waals surface area contributed by atoms with Crippen LogP contribution in [0, 0.1) is 13.8 Å². The molecule has 0 saturated carbocycles. The molecule has 1 aliphatic heterocycles. The van der Waals surface area contributed by atoms with Crippen LogP contribution in [-0.2, 0) is 0 Å². The fraction of sp³-hybridized carbons (Fsp3) is 0.600. The van der Waals surface area contributed by atoms with Gasteiger partial charge in [-0.2, -0.15) is 0 Å². The van der Waals surface area contributed by atoms with Crippen LogP contribution in [0.15, 0.2) is 18.2 Å². The molecule has 2 heteroatoms. The Hall–Kier alpha value is -1.02. The summed E-state index contributed by atoms with van der Waals surface area (Å²) < 4.78 is 5.83. The topological polar surface area (TPSA) is 12.5 Å². The maximum atomic E-state index is 5.83. The van der Waals surface area contributed by atoms with Gasteiger partial charge in [0.1, 0.15) is 12.4 Å². The van der Waals surface area contributed by atoms with E-state index < -0.39 is 0 Å². The molecule has 1 heterocycles. The summed E-state index contributed by atoms with van der Waals surface area (Å²) in [4.78, 5) is 2.51. The van der Waals surface area contributed by atoms with Gasteiger partial charge in [-0.3, -0.25) is 4.90 Å². The van der Waals surface area contributed by atoms with Crippen LogP contribution in [0.4, 0.5) is 0 Å². The quantitative estimate of drug-likeness (QED) is 0.792. The molecule has 0 amide bonds. The minimum atomic E-state index is 0.808. The molecule has 0 aliphatic carbocycles. The van der Waals surface area contributed by atoms with Crippen molar-refractivity contribution in [2.45, 2.75) is 33.1 Å². The van der Waals surface area contributed by atoms with Gasteiger partial charge in [-0.05, 0) is 63.0 Å². The Bertz CT molecular complexity index is 336. The maximum absolute atomic E-state index is 5.83. The van der Waals surface area contributed by atoms with Crippen molar-refractivity contribution in [2.24, 2.45) is 0 Å². The van der Waals surface area contributed by atoms with E-state index in [1.54, 1.807) is 0 Å². The average Bonchev–Trinajstić information content (AvgIpc) is 2.29. The van der Waals surface area contributed by atoms with Gasteiger partial charge in [0, 0.05) is 6.54 Å². The molecule has 1 aliphatic rings. The third-order valence-electron chi connectivity index (χ3n) is 3.32. The zero-order valence-corrected chi connectivity index (χ0v) is 11.0. The lowest BCUT2D eigenvalue weighted by Gasteiger charge is -2.26. The van der Waals surface area contributed by atoms with Crippen molar-refractivity contribution in [1.29, 1.82) is 0 Å². The lowest BCUT2D eigenvalue weighted by molar-refractivity contribution is 0.183. The van der Waals surface area contributed by atoms with Crippen molar-refractivity contribution in [3.05, 3.63) is 29.3 Å². The Balaban J connectivity index is 1.77. The van der Waals surface area contributed by atoms with Gasteiger partial charge < -0.3 is 4.74 Å². The van der Waals surface area contributed by atoms with E-state index in [0.29, 0.717) is 0 Å². The van der Waals surface area contributed by atoms with Gasteiger partial charge in [-0.15, -0.1) is 0 Å². The molecule has 2 rings (SSSR count). The highest BCUT2D eigenvalue weighted by atomic mass is 16.5. The monoisotopic (exact) mass is 233 g/mol. The van der Waals surface area contributed by atoms with E-state index in [1.807, 2.05) is 0 Å². The molecule has 0 spiro atoms. The first-order valence-electron chi connectivity index (χ1n) is 6.67. The number of ether oxygens (including phenoxy) is 1. The van der Waals surface area contributed by atoms with Crippen LogP contribution < -0.4 is 4.74 Å². The van der Waals surface area contributed by atoms with E-state index in [4.69, 9.17) is 4.74 Å². The van der Waals surface area contributed by atoms with E-state index in [2.05, 4.69) is 36.9 Å². The molecule has 0 unspecified atom stereocenters. The number of hydrogen-bond acceptors (Lipinski definition) is 2. The Kier molecular flexibility index (Phi) is 4.43. The van der Waals surface area contributed by atoms with Crippen molar-refractivity contribution in [2.75, 3.05) is 26.2 Å². The lowest BCUT2D eigenvalue weighted by Crippen LogP contribution is -2.33. The van der Waals surface area contributed by atoms with Gasteiger partial charge in [0.25, 0.3) is 0 Å². The van der Waals surface area contributed by atoms with Crippen LogP contribution in [0.5, 0.6) is 5.75 Å². The minimum absolute atomic E-state index is 0.808. The van der Waals surface area contributed by atoms with Gasteiger partial charge in [0.2, 0.25) is 0 Å². The summed E-state index contributed by atoms with van der Waals surface area (Å²) in [6, 6.07) is 6.41. The van der Waals surface area contributed by atoms with Crippen LogP contribution >= 0.6 is 0 Å². The lowest BCUT2D eigenvalue weighted by atomic mass is 10.1. The summed E-state index contributed by atoms with van der Waals surface area (Å²) in [7, 11) is 0. The number of hydrogen-bond donors (Lipinski definition) is 0. The van der Waals surface area contributed by atoms with Crippen LogP contribution in [0.3, 0.4) is 0 Å². The molecule has 1 aromatic carbocycles. The number of nitrogens with zero attached hydrogens (tertiary/aromatic N) is 1. The maximum Gasteiger partial charge on any atom is 0.119 e. The predicted molar refractivity (Wildman–Crippen MR) is 71.7 cm³/mol. The normalized spacial score (nSPS) is 17.1. The summed E-state index contributed by atoms with van der Waals surface area (Å²) in [5, 5.41) is 0. The van der Waals surface area contributed by atoms with Gasteiger partial charge in [-0.25, -0.2) is 0 Å². The van der Waals surface area contributed by atoms with Gasteiger partial charge in [0.15, 0.2) is 0 Å². The van der Waals surface area contributed by atoms with Gasteiger partial charge >= 0.3 is 0 Å². The zero-order valence-electron chi connectivity index (χ0n) is 11.0. The fourth-order valence-corrected chi connectivity index (χ4v) is 2.49. The SMILES string of the molecule is Cc1cc(C)cc(OCCN2CCCCC2)c1. The van der Waals surface area contributed by atoms with Crippen LogP contribution in [0.1, 0.15) is 30.4 Å². The first-order chi connectivity index (χ1) is 8.24. The predicted octanol–water partition coefficient (Wildman–Crippen LogP) is 3.17. The van der Waals surface area contributed by atoms with Crippen LogP contribution in [-0.4, -0.2) is 31.1 Å². The summed E-state index contributed by atoms with van der Waals surface area (Å²) >= 11 is 0. The van der Waals surface area contributed by atoms with Crippen molar-refractivity contribution in [1.82, 2.24) is 4.90 Å². The van der Waals surface area contributed by atoms with E-state index in [-0.39, 0.29) is 0 Å². The molecule has 1 saturated heterocycles. The standard InChI is InChI=1S/C15H23NO/c1-13-10-14(2)12-15(11-13)17-9-8-16-6-4-3-5-7-16/h10-12H,3-9H2,1-2H3. The Labute approximate surface area is 105 Å². The molecule has 17 heavy (non-hydrogen) atoms. The molecule has 2 nitrogen and oxygen atoms in total. The molecule has 0 N–H and O–H groups in total. The summed E-state index contributed by atoms with van der Waals surface area (Å²) in [5.41, 5.74) is 2.55. The molecule has 0 atom stereocenters. The molecule has 1 fully saturated rings. The van der Waals surface area contributed by atoms with Gasteiger partial charge in [-0.1, -0.05) is 12.5 Å². The van der Waals surface area contributed by atoms with E-state index in [9.17, 15) is 0 Å². The van der Waals surface area contributed by atoms with E-state index in [1.165, 1.54) is 43.5 Å². The van der Waals surface area contributed by atoms with Crippen LogP contribution in [0.2, 0.25) is 0 Å². The summed E-state index contributed by atoms with van der Waals surface area (Å²) in [5.74, 6) is 1.01. The van der Waals surface area contributed by atoms with Gasteiger partial charge in [0.05, 0.1) is 0 Å². The smallest absolute Gasteiger partial charge is 0.119 e. The highest BCUT2D eigenvalue weighted by molar-refractivity contribution is 5.32. The minimum Gasteiger partial charge on any atom is -0.492 e. The summed E-state index contributed by atoms with van der Waals surface area (Å²) in [6.45, 7) is 8.59. The van der Waals surface area contributed by atoms with Crippen LogP contribution in [0.25, 0.3) is 0 Å². The number of piperidine rings is 1.